The first-order chi connectivity index (χ1) is 8.65. The molecule has 1 aromatic heterocycles. The first-order valence-corrected chi connectivity index (χ1v) is 6.09. The van der Waals surface area contributed by atoms with Gasteiger partial charge in [0.1, 0.15) is 0 Å². The summed E-state index contributed by atoms with van der Waals surface area (Å²) in [5, 5.41) is 15.9. The first kappa shape index (κ1) is 12.6. The van der Waals surface area contributed by atoms with Crippen molar-refractivity contribution >= 4 is 11.6 Å². The number of amides is 1. The third-order valence-electron chi connectivity index (χ3n) is 3.30. The molecular weight excluding hydrogens is 234 g/mol. The Balaban J connectivity index is 2.09. The summed E-state index contributed by atoms with van der Waals surface area (Å²) < 4.78 is 4.98. The molecule has 0 aliphatic carbocycles. The van der Waals surface area contributed by atoms with Crippen molar-refractivity contribution in [3.8, 4) is 0 Å². The van der Waals surface area contributed by atoms with Crippen LogP contribution in [0.5, 0.6) is 0 Å². The van der Waals surface area contributed by atoms with E-state index in [1.165, 1.54) is 0 Å². The molecule has 0 spiro atoms. The topological polar surface area (TPSA) is 78.9 Å². The molecule has 1 saturated heterocycles. The van der Waals surface area contributed by atoms with Crippen molar-refractivity contribution in [2.45, 2.75) is 26.7 Å². The number of carbonyl (C=O) groups is 1. The summed E-state index contributed by atoms with van der Waals surface area (Å²) in [6.45, 7) is 4.91. The predicted octanol–water partition coefficient (Wildman–Crippen LogP) is 1.69. The van der Waals surface area contributed by atoms with Gasteiger partial charge in [-0.05, 0) is 13.3 Å². The number of carbonyl (C=O) groups excluding carboxylic acids is 1. The Labute approximate surface area is 105 Å². The molecule has 98 valence electrons. The van der Waals surface area contributed by atoms with Gasteiger partial charge in [-0.15, -0.1) is 0 Å². The normalized spacial score (nSPS) is 22.4. The highest BCUT2D eigenvalue weighted by atomic mass is 16.5. The maximum Gasteiger partial charge on any atom is 0.292 e. The van der Waals surface area contributed by atoms with Crippen molar-refractivity contribution in [1.82, 2.24) is 10.1 Å². The number of oxime groups is 1. The van der Waals surface area contributed by atoms with Crippen LogP contribution < -0.4 is 0 Å². The molecule has 1 amide bonds. The van der Waals surface area contributed by atoms with E-state index in [1.54, 1.807) is 17.9 Å². The molecule has 0 radical (unpaired) electrons. The Kier molecular flexibility index (Phi) is 3.64. The highest BCUT2D eigenvalue weighted by Gasteiger charge is 2.29. The average Bonchev–Trinajstić information content (AvgIpc) is 2.83. The molecule has 1 aliphatic rings. The summed E-state index contributed by atoms with van der Waals surface area (Å²) in [6.07, 6.45) is 1.45. The van der Waals surface area contributed by atoms with E-state index in [-0.39, 0.29) is 17.6 Å². The molecule has 1 fully saturated rings. The van der Waals surface area contributed by atoms with Crippen LogP contribution in [0.25, 0.3) is 0 Å². The van der Waals surface area contributed by atoms with E-state index >= 15 is 0 Å². The van der Waals surface area contributed by atoms with Crippen LogP contribution in [0.4, 0.5) is 0 Å². The Morgan fingerprint density at radius 1 is 1.72 bits per heavy atom. The fourth-order valence-corrected chi connectivity index (χ4v) is 2.22. The second-order valence-corrected chi connectivity index (χ2v) is 4.53. The quantitative estimate of drug-likeness (QED) is 0.640. The van der Waals surface area contributed by atoms with Gasteiger partial charge in [-0.3, -0.25) is 4.79 Å². The van der Waals surface area contributed by atoms with Crippen molar-refractivity contribution < 1.29 is 14.5 Å². The molecule has 1 aliphatic heterocycles. The van der Waals surface area contributed by atoms with E-state index in [0.717, 1.165) is 12.1 Å². The van der Waals surface area contributed by atoms with Crippen molar-refractivity contribution in [2.75, 3.05) is 13.1 Å². The van der Waals surface area contributed by atoms with Crippen LogP contribution in [-0.4, -0.2) is 40.0 Å². The molecule has 0 aromatic carbocycles. The monoisotopic (exact) mass is 251 g/mol. The predicted molar refractivity (Wildman–Crippen MR) is 64.8 cm³/mol. The lowest BCUT2D eigenvalue weighted by Crippen LogP contribution is -2.43. The van der Waals surface area contributed by atoms with Crippen LogP contribution in [0.15, 0.2) is 15.7 Å². The molecule has 0 saturated carbocycles. The molecule has 1 atom stereocenters. The number of hydrogen-bond donors (Lipinski definition) is 1. The van der Waals surface area contributed by atoms with Crippen LogP contribution in [0, 0.1) is 12.8 Å². The van der Waals surface area contributed by atoms with Crippen LogP contribution in [-0.2, 0) is 0 Å². The fraction of sp³-hybridized carbons (Fsp3) is 0.583. The van der Waals surface area contributed by atoms with E-state index in [9.17, 15) is 4.79 Å². The zero-order chi connectivity index (χ0) is 13.1. The minimum absolute atomic E-state index is 0.122. The number of aromatic nitrogens is 1. The van der Waals surface area contributed by atoms with Gasteiger partial charge < -0.3 is 14.6 Å². The van der Waals surface area contributed by atoms with Crippen LogP contribution in [0.2, 0.25) is 0 Å². The largest absolute Gasteiger partial charge is 0.411 e. The number of likely N-dealkylation sites (tertiary alicyclic amines) is 1. The summed E-state index contributed by atoms with van der Waals surface area (Å²) in [6, 6.07) is 1.64. The van der Waals surface area contributed by atoms with Gasteiger partial charge in [0.2, 0.25) is 5.76 Å². The molecule has 0 bridgehead atoms. The van der Waals surface area contributed by atoms with Crippen LogP contribution in [0.1, 0.15) is 36.0 Å². The van der Waals surface area contributed by atoms with Gasteiger partial charge in [0.15, 0.2) is 0 Å². The molecule has 18 heavy (non-hydrogen) atoms. The Bertz CT molecular complexity index is 467. The van der Waals surface area contributed by atoms with E-state index < -0.39 is 0 Å². The summed E-state index contributed by atoms with van der Waals surface area (Å²) in [4.78, 5) is 13.9. The van der Waals surface area contributed by atoms with Crippen LogP contribution in [0.3, 0.4) is 0 Å². The molecule has 6 heteroatoms. The molecule has 2 rings (SSSR count). The lowest BCUT2D eigenvalue weighted by Gasteiger charge is -2.32. The standard InChI is InChI=1S/C12H17N3O3/c1-3-9-7-15(5-4-10(9)13-17)12(16)11-6-8(2)14-18-11/h6,9,17H,3-5,7H2,1-2H3. The summed E-state index contributed by atoms with van der Waals surface area (Å²) >= 11 is 0. The zero-order valence-electron chi connectivity index (χ0n) is 10.6. The summed E-state index contributed by atoms with van der Waals surface area (Å²) in [5.41, 5.74) is 1.47. The van der Waals surface area contributed by atoms with Gasteiger partial charge in [0, 0.05) is 31.5 Å². The summed E-state index contributed by atoms with van der Waals surface area (Å²) in [5.74, 6) is 0.245. The molecule has 1 N–H and O–H groups in total. The number of nitrogens with zero attached hydrogens (tertiary/aromatic N) is 3. The minimum atomic E-state index is -0.147. The highest BCUT2D eigenvalue weighted by molar-refractivity contribution is 5.94. The zero-order valence-corrected chi connectivity index (χ0v) is 10.6. The smallest absolute Gasteiger partial charge is 0.292 e. The maximum atomic E-state index is 12.2. The van der Waals surface area contributed by atoms with Crippen molar-refractivity contribution in [2.24, 2.45) is 11.1 Å². The lowest BCUT2D eigenvalue weighted by molar-refractivity contribution is 0.0687. The third kappa shape index (κ3) is 2.37. The fourth-order valence-electron chi connectivity index (χ4n) is 2.22. The summed E-state index contributed by atoms with van der Waals surface area (Å²) in [7, 11) is 0. The third-order valence-corrected chi connectivity index (χ3v) is 3.30. The molecule has 2 heterocycles. The number of aryl methyl sites for hydroxylation is 1. The van der Waals surface area contributed by atoms with Crippen LogP contribution >= 0.6 is 0 Å². The van der Waals surface area contributed by atoms with Gasteiger partial charge >= 0.3 is 0 Å². The highest BCUT2D eigenvalue weighted by Crippen LogP contribution is 2.19. The minimum Gasteiger partial charge on any atom is -0.411 e. The number of rotatable bonds is 2. The van der Waals surface area contributed by atoms with E-state index in [0.29, 0.717) is 25.2 Å². The Hall–Kier alpha value is -1.85. The van der Waals surface area contributed by atoms with Gasteiger partial charge in [-0.1, -0.05) is 17.2 Å². The van der Waals surface area contributed by atoms with E-state index in [2.05, 4.69) is 10.3 Å². The van der Waals surface area contributed by atoms with Gasteiger partial charge in [0.25, 0.3) is 5.91 Å². The molecule has 1 unspecified atom stereocenters. The Morgan fingerprint density at radius 3 is 3.06 bits per heavy atom. The maximum absolute atomic E-state index is 12.2. The average molecular weight is 251 g/mol. The van der Waals surface area contributed by atoms with E-state index in [1.807, 2.05) is 6.92 Å². The number of hydrogen-bond acceptors (Lipinski definition) is 5. The van der Waals surface area contributed by atoms with E-state index in [4.69, 9.17) is 9.73 Å². The second kappa shape index (κ2) is 5.20. The Morgan fingerprint density at radius 2 is 2.50 bits per heavy atom. The SMILES string of the molecule is CCC1CN(C(=O)c2cc(C)no2)CCC1=NO. The van der Waals surface area contributed by atoms with Crippen molar-refractivity contribution in [3.63, 3.8) is 0 Å². The lowest BCUT2D eigenvalue weighted by atomic mass is 9.93. The second-order valence-electron chi connectivity index (χ2n) is 4.53. The molecule has 6 nitrogen and oxygen atoms in total. The van der Waals surface area contributed by atoms with Crippen molar-refractivity contribution in [1.29, 1.82) is 0 Å². The molecular formula is C12H17N3O3. The van der Waals surface area contributed by atoms with Gasteiger partial charge in [-0.2, -0.15) is 0 Å². The number of piperidine rings is 1. The first-order valence-electron chi connectivity index (χ1n) is 6.09. The van der Waals surface area contributed by atoms with Crippen molar-refractivity contribution in [3.05, 3.63) is 17.5 Å². The van der Waals surface area contributed by atoms with Gasteiger partial charge in [0.05, 0.1) is 11.4 Å². The molecule has 1 aromatic rings. The van der Waals surface area contributed by atoms with Gasteiger partial charge in [-0.25, -0.2) is 0 Å².